The number of aryl methyl sites for hydroxylation is 2. The average Bonchev–Trinajstić information content (AvgIpc) is 3.45. The van der Waals surface area contributed by atoms with Gasteiger partial charge in [0.15, 0.2) is 0 Å². The van der Waals surface area contributed by atoms with Crippen LogP contribution < -0.4 is 49.6 Å². The van der Waals surface area contributed by atoms with Crippen LogP contribution in [0, 0.1) is 18.3 Å². The van der Waals surface area contributed by atoms with Crippen LogP contribution in [0.2, 0.25) is 0 Å². The second-order valence-corrected chi connectivity index (χ2v) is 9.45. The van der Waals surface area contributed by atoms with Gasteiger partial charge in [0.05, 0.1) is 5.69 Å². The molecule has 6 rings (SSSR count). The molecule has 3 aromatic rings. The van der Waals surface area contributed by atoms with E-state index in [2.05, 4.69) is 85.3 Å². The molecular formula is C28H29Cl4NZr. The zero-order chi connectivity index (χ0) is 19.6. The summed E-state index contributed by atoms with van der Waals surface area (Å²) in [5.74, 6) is 1.03. The molecule has 34 heavy (non-hydrogen) atoms. The number of allylic oxidation sites excluding steroid dienone is 4. The van der Waals surface area contributed by atoms with Crippen molar-refractivity contribution in [3.8, 4) is 11.3 Å². The number of benzene rings is 2. The Hall–Kier alpha value is -0.497. The second-order valence-electron chi connectivity index (χ2n) is 9.45. The molecular weight excluding hydrogens is 583 g/mol. The predicted molar refractivity (Wildman–Crippen MR) is 122 cm³/mol. The summed E-state index contributed by atoms with van der Waals surface area (Å²) in [6.45, 7) is 2.23. The summed E-state index contributed by atoms with van der Waals surface area (Å²) in [5, 5.41) is 1.47. The smallest absolute Gasteiger partial charge is 1.00 e. The van der Waals surface area contributed by atoms with E-state index in [0.717, 1.165) is 0 Å². The molecule has 3 aliphatic carbocycles. The van der Waals surface area contributed by atoms with Crippen LogP contribution in [0.3, 0.4) is 0 Å². The normalized spacial score (nSPS) is 19.1. The summed E-state index contributed by atoms with van der Waals surface area (Å²) in [4.78, 5) is 0. The maximum atomic E-state index is 2.47. The summed E-state index contributed by atoms with van der Waals surface area (Å²) in [7, 11) is 2.26. The van der Waals surface area contributed by atoms with Crippen LogP contribution in [0.25, 0.3) is 22.2 Å². The molecule has 2 aromatic carbocycles. The Kier molecular flexibility index (Phi) is 11.3. The van der Waals surface area contributed by atoms with Gasteiger partial charge >= 0.3 is 26.2 Å². The van der Waals surface area contributed by atoms with Crippen LogP contribution in [-0.4, -0.2) is 4.57 Å². The van der Waals surface area contributed by atoms with Crippen LogP contribution >= 0.6 is 0 Å². The number of nitrogens with zero attached hydrogens (tertiary/aromatic N) is 1. The Morgan fingerprint density at radius 3 is 2.18 bits per heavy atom. The van der Waals surface area contributed by atoms with Crippen molar-refractivity contribution in [3.05, 3.63) is 83.5 Å². The van der Waals surface area contributed by atoms with E-state index in [0.29, 0.717) is 17.3 Å². The van der Waals surface area contributed by atoms with Crippen molar-refractivity contribution in [2.45, 2.75) is 44.9 Å². The van der Waals surface area contributed by atoms with Crippen LogP contribution in [-0.2, 0) is 33.3 Å². The van der Waals surface area contributed by atoms with Crippen LogP contribution in [0.4, 0.5) is 0 Å². The van der Waals surface area contributed by atoms with E-state index in [-0.39, 0.29) is 75.8 Å². The van der Waals surface area contributed by atoms with E-state index in [9.17, 15) is 0 Å². The van der Waals surface area contributed by atoms with E-state index < -0.39 is 0 Å². The standard InChI is InChI=1S/C28H29N.4ClH.Zr/c1-19-14-15-24-23(18-19)25-26(21-12-6-7-13-22(21)27(25)29(24)2)28(16-8-3-9-17-28)20-10-4-5-11-20;;;;;/h4-7,10-15,18,20,26H,3,8-9,16-17H2,1-2H3;4*1H;/q;;;;;+4/p-4. The summed E-state index contributed by atoms with van der Waals surface area (Å²) < 4.78 is 2.46. The molecule has 1 unspecified atom stereocenters. The fourth-order valence-corrected chi connectivity index (χ4v) is 6.76. The molecule has 6 heteroatoms. The van der Waals surface area contributed by atoms with E-state index in [1.807, 2.05) is 0 Å². The van der Waals surface area contributed by atoms with Gasteiger partial charge in [-0.15, -0.1) is 0 Å². The molecule has 1 atom stereocenters. The number of hydrogen-bond donors (Lipinski definition) is 0. The number of halogens is 4. The summed E-state index contributed by atoms with van der Waals surface area (Å²) in [5.41, 5.74) is 9.11. The van der Waals surface area contributed by atoms with E-state index in [4.69, 9.17) is 0 Å². The molecule has 1 nitrogen and oxygen atoms in total. The molecule has 1 saturated carbocycles. The van der Waals surface area contributed by atoms with Crippen LogP contribution in [0.1, 0.15) is 54.7 Å². The fraction of sp³-hybridized carbons (Fsp3) is 0.357. The molecule has 0 aliphatic heterocycles. The van der Waals surface area contributed by atoms with Crippen molar-refractivity contribution >= 4 is 10.9 Å². The molecule has 1 aromatic heterocycles. The van der Waals surface area contributed by atoms with Gasteiger partial charge in [-0.2, -0.15) is 0 Å². The van der Waals surface area contributed by atoms with Gasteiger partial charge < -0.3 is 54.2 Å². The number of fused-ring (bicyclic) bond motifs is 5. The first kappa shape index (κ1) is 31.5. The van der Waals surface area contributed by atoms with Gasteiger partial charge in [-0.05, 0) is 48.4 Å². The van der Waals surface area contributed by atoms with Crippen molar-refractivity contribution in [1.29, 1.82) is 0 Å². The second kappa shape index (κ2) is 12.2. The van der Waals surface area contributed by atoms with E-state index in [1.165, 1.54) is 59.8 Å². The van der Waals surface area contributed by atoms with Gasteiger partial charge in [-0.1, -0.05) is 79.5 Å². The third-order valence-electron chi connectivity index (χ3n) is 7.98. The third-order valence-corrected chi connectivity index (χ3v) is 7.98. The minimum atomic E-state index is 0. The van der Waals surface area contributed by atoms with Crippen LogP contribution in [0.15, 0.2) is 66.8 Å². The van der Waals surface area contributed by atoms with Crippen molar-refractivity contribution in [3.63, 3.8) is 0 Å². The Morgan fingerprint density at radius 1 is 0.853 bits per heavy atom. The van der Waals surface area contributed by atoms with Gasteiger partial charge in [-0.3, -0.25) is 0 Å². The first-order chi connectivity index (χ1) is 14.2. The molecule has 0 spiro atoms. The van der Waals surface area contributed by atoms with Gasteiger partial charge in [0.2, 0.25) is 0 Å². The molecule has 0 N–H and O–H groups in total. The van der Waals surface area contributed by atoms with E-state index in [1.54, 1.807) is 11.1 Å². The fourth-order valence-electron chi connectivity index (χ4n) is 6.76. The average molecular weight is 613 g/mol. The van der Waals surface area contributed by atoms with Crippen molar-refractivity contribution in [2.24, 2.45) is 18.4 Å². The minimum absolute atomic E-state index is 0. The molecule has 0 radical (unpaired) electrons. The van der Waals surface area contributed by atoms with Gasteiger partial charge in [0.1, 0.15) is 0 Å². The number of aromatic nitrogens is 1. The minimum Gasteiger partial charge on any atom is -1.00 e. The topological polar surface area (TPSA) is 4.93 Å². The SMILES string of the molecule is Cc1ccc2c(c1)c1c(n2C)-c2ccccc2C1C1(C2C=CC=C2)CCCCC1.[Cl-].[Cl-].[Cl-].[Cl-].[Zr+4]. The monoisotopic (exact) mass is 609 g/mol. The van der Waals surface area contributed by atoms with Crippen LogP contribution in [0.5, 0.6) is 0 Å². The molecule has 3 aliphatic rings. The van der Waals surface area contributed by atoms with Crippen molar-refractivity contribution < 1.29 is 75.8 Å². The number of rotatable bonds is 2. The quantitative estimate of drug-likeness (QED) is 0.275. The van der Waals surface area contributed by atoms with Crippen molar-refractivity contribution in [2.75, 3.05) is 0 Å². The van der Waals surface area contributed by atoms with E-state index >= 15 is 0 Å². The number of hydrogen-bond acceptors (Lipinski definition) is 0. The molecule has 178 valence electrons. The Morgan fingerprint density at radius 2 is 1.50 bits per heavy atom. The Balaban J connectivity index is 0.00000116. The summed E-state index contributed by atoms with van der Waals surface area (Å²) >= 11 is 0. The molecule has 1 heterocycles. The first-order valence-electron chi connectivity index (χ1n) is 11.2. The summed E-state index contributed by atoms with van der Waals surface area (Å²) in [6, 6.07) is 16.3. The zero-order valence-electron chi connectivity index (χ0n) is 19.5. The zero-order valence-corrected chi connectivity index (χ0v) is 25.0. The Bertz CT molecular complexity index is 1180. The van der Waals surface area contributed by atoms with Gasteiger partial charge in [0.25, 0.3) is 0 Å². The van der Waals surface area contributed by atoms with Crippen molar-refractivity contribution in [1.82, 2.24) is 4.57 Å². The van der Waals surface area contributed by atoms with Gasteiger partial charge in [0, 0.05) is 35.3 Å². The first-order valence-corrected chi connectivity index (χ1v) is 11.2. The molecule has 0 saturated heterocycles. The largest absolute Gasteiger partial charge is 4.00 e. The predicted octanol–water partition coefficient (Wildman–Crippen LogP) is -4.69. The van der Waals surface area contributed by atoms with Gasteiger partial charge in [-0.25, -0.2) is 0 Å². The molecule has 1 fully saturated rings. The molecule has 0 bridgehead atoms. The maximum Gasteiger partial charge on any atom is 4.00 e. The maximum absolute atomic E-state index is 2.47. The molecule has 0 amide bonds. The Labute approximate surface area is 247 Å². The third kappa shape index (κ3) is 4.52. The summed E-state index contributed by atoms with van der Waals surface area (Å²) in [6.07, 6.45) is 16.3.